The number of allylic oxidation sites excluding steroid dienone is 9. The maximum Gasteiger partial charge on any atom is -0.00201 e. The summed E-state index contributed by atoms with van der Waals surface area (Å²) in [6.07, 6.45) is 20.0. The zero-order valence-electron chi connectivity index (χ0n) is 24.8. The lowest BCUT2D eigenvalue weighted by atomic mass is 9.82. The molecule has 0 aliphatic heterocycles. The van der Waals surface area contributed by atoms with Gasteiger partial charge in [0.2, 0.25) is 0 Å². The number of rotatable bonds is 3. The Morgan fingerprint density at radius 2 is 0.909 bits per heavy atom. The smallest absolute Gasteiger partial charge is 0.00201 e. The van der Waals surface area contributed by atoms with Crippen molar-refractivity contribution in [2.45, 2.75) is 25.7 Å². The first kappa shape index (κ1) is 26.4. The van der Waals surface area contributed by atoms with Crippen LogP contribution in [-0.2, 0) is 6.42 Å². The minimum atomic E-state index is 0.977. The van der Waals surface area contributed by atoms with Crippen molar-refractivity contribution < 1.29 is 0 Å². The number of fused-ring (bicyclic) bond motifs is 4. The summed E-state index contributed by atoms with van der Waals surface area (Å²) in [5.41, 5.74) is 11.1. The molecule has 6 aromatic carbocycles. The van der Waals surface area contributed by atoms with Crippen LogP contribution >= 0.6 is 0 Å². The summed E-state index contributed by atoms with van der Waals surface area (Å²) in [6, 6.07) is 42.4. The first-order valence-electron chi connectivity index (χ1n) is 15.8. The molecule has 0 amide bonds. The van der Waals surface area contributed by atoms with E-state index in [0.717, 1.165) is 25.7 Å². The van der Waals surface area contributed by atoms with Crippen molar-refractivity contribution in [3.05, 3.63) is 180 Å². The summed E-state index contributed by atoms with van der Waals surface area (Å²) in [4.78, 5) is 0. The van der Waals surface area contributed by atoms with E-state index in [9.17, 15) is 0 Å². The summed E-state index contributed by atoms with van der Waals surface area (Å²) in [5, 5.41) is 7.82. The summed E-state index contributed by atoms with van der Waals surface area (Å²) < 4.78 is 0. The molecule has 0 bridgehead atoms. The van der Waals surface area contributed by atoms with Crippen LogP contribution in [0.2, 0.25) is 0 Å². The minimum absolute atomic E-state index is 0.977. The van der Waals surface area contributed by atoms with Crippen LogP contribution in [0.1, 0.15) is 36.0 Å². The molecule has 44 heavy (non-hydrogen) atoms. The Labute approximate surface area is 259 Å². The fourth-order valence-electron chi connectivity index (χ4n) is 7.28. The molecule has 0 heteroatoms. The molecule has 0 N–H and O–H groups in total. The number of benzene rings is 6. The van der Waals surface area contributed by atoms with Gasteiger partial charge in [0.25, 0.3) is 0 Å². The molecule has 0 saturated heterocycles. The highest BCUT2D eigenvalue weighted by Gasteiger charge is 2.20. The molecule has 0 atom stereocenters. The van der Waals surface area contributed by atoms with Gasteiger partial charge in [0.05, 0.1) is 0 Å². The van der Waals surface area contributed by atoms with Gasteiger partial charge in [0.15, 0.2) is 0 Å². The van der Waals surface area contributed by atoms with Gasteiger partial charge in [-0.1, -0.05) is 158 Å². The average Bonchev–Trinajstić information content (AvgIpc) is 3.09. The zero-order valence-corrected chi connectivity index (χ0v) is 24.8. The zero-order chi connectivity index (χ0) is 29.3. The maximum absolute atomic E-state index is 2.42. The molecule has 0 radical (unpaired) electrons. The normalized spacial score (nSPS) is 15.1. The fourth-order valence-corrected chi connectivity index (χ4v) is 7.28. The van der Waals surface area contributed by atoms with Crippen LogP contribution in [0.15, 0.2) is 163 Å². The lowest BCUT2D eigenvalue weighted by Crippen LogP contribution is -2.02. The molecular weight excluding hydrogens is 528 g/mol. The van der Waals surface area contributed by atoms with Crippen molar-refractivity contribution >= 4 is 44.0 Å². The predicted molar refractivity (Wildman–Crippen MR) is 191 cm³/mol. The SMILES string of the molecule is C1=CC=C(C2=Cc3ccccc3CC2)CCC(c2c3ccccc3c(-c3cccc4ccccc34)c3ccccc23)=CC=C1. The van der Waals surface area contributed by atoms with Gasteiger partial charge >= 0.3 is 0 Å². The van der Waals surface area contributed by atoms with Crippen LogP contribution in [0.4, 0.5) is 0 Å². The molecule has 0 heterocycles. The van der Waals surface area contributed by atoms with Gasteiger partial charge in [0.1, 0.15) is 0 Å². The van der Waals surface area contributed by atoms with Crippen LogP contribution in [0, 0.1) is 0 Å². The fraction of sp³-hybridized carbons (Fsp3) is 0.0909. The van der Waals surface area contributed by atoms with Crippen molar-refractivity contribution in [3.8, 4) is 11.1 Å². The van der Waals surface area contributed by atoms with Crippen LogP contribution in [0.3, 0.4) is 0 Å². The third-order valence-electron chi connectivity index (χ3n) is 9.36. The molecule has 0 spiro atoms. The van der Waals surface area contributed by atoms with Gasteiger partial charge in [-0.2, -0.15) is 0 Å². The monoisotopic (exact) mass is 562 g/mol. The Morgan fingerprint density at radius 1 is 0.364 bits per heavy atom. The van der Waals surface area contributed by atoms with Crippen LogP contribution in [-0.4, -0.2) is 0 Å². The molecule has 0 aromatic heterocycles. The third-order valence-corrected chi connectivity index (χ3v) is 9.36. The van der Waals surface area contributed by atoms with Crippen molar-refractivity contribution in [1.82, 2.24) is 0 Å². The van der Waals surface area contributed by atoms with E-state index >= 15 is 0 Å². The quantitative estimate of drug-likeness (QED) is 0.188. The van der Waals surface area contributed by atoms with E-state index in [2.05, 4.69) is 158 Å². The highest BCUT2D eigenvalue weighted by molar-refractivity contribution is 6.21. The summed E-state index contributed by atoms with van der Waals surface area (Å²) in [7, 11) is 0. The van der Waals surface area contributed by atoms with Gasteiger partial charge in [0, 0.05) is 0 Å². The average molecular weight is 563 g/mol. The van der Waals surface area contributed by atoms with Gasteiger partial charge in [-0.05, 0) is 103 Å². The number of aryl methyl sites for hydroxylation is 1. The Kier molecular flexibility index (Phi) is 6.89. The van der Waals surface area contributed by atoms with Crippen molar-refractivity contribution in [2.24, 2.45) is 0 Å². The topological polar surface area (TPSA) is 0 Å². The first-order chi connectivity index (χ1) is 21.8. The minimum Gasteiger partial charge on any atom is -0.0623 e. The van der Waals surface area contributed by atoms with E-state index in [1.54, 1.807) is 0 Å². The number of hydrogen-bond acceptors (Lipinski definition) is 0. The molecule has 0 unspecified atom stereocenters. The van der Waals surface area contributed by atoms with Crippen molar-refractivity contribution in [2.75, 3.05) is 0 Å². The molecule has 6 aromatic rings. The second kappa shape index (κ2) is 11.5. The summed E-state index contributed by atoms with van der Waals surface area (Å²) >= 11 is 0. The Morgan fingerprint density at radius 3 is 1.66 bits per heavy atom. The van der Waals surface area contributed by atoms with Crippen molar-refractivity contribution in [1.29, 1.82) is 0 Å². The molecule has 2 aliphatic rings. The van der Waals surface area contributed by atoms with Crippen LogP contribution < -0.4 is 0 Å². The van der Waals surface area contributed by atoms with E-state index < -0.39 is 0 Å². The number of hydrogen-bond donors (Lipinski definition) is 0. The molecule has 2 aliphatic carbocycles. The van der Waals surface area contributed by atoms with Gasteiger partial charge < -0.3 is 0 Å². The Hall–Kier alpha value is -5.20. The molecule has 0 fully saturated rings. The molecule has 0 nitrogen and oxygen atoms in total. The van der Waals surface area contributed by atoms with E-state index in [4.69, 9.17) is 0 Å². The molecular formula is C44H34. The Bertz CT molecular complexity index is 2150. The highest BCUT2D eigenvalue weighted by atomic mass is 14.2. The van der Waals surface area contributed by atoms with E-state index in [1.807, 2.05) is 0 Å². The summed E-state index contributed by atoms with van der Waals surface area (Å²) in [5.74, 6) is 0. The van der Waals surface area contributed by atoms with E-state index in [0.29, 0.717) is 0 Å². The second-order valence-corrected chi connectivity index (χ2v) is 11.9. The third kappa shape index (κ3) is 4.74. The van der Waals surface area contributed by atoms with Crippen LogP contribution in [0.25, 0.3) is 55.1 Å². The van der Waals surface area contributed by atoms with Gasteiger partial charge in [-0.15, -0.1) is 0 Å². The molecule has 210 valence electrons. The largest absolute Gasteiger partial charge is 0.0623 e. The lowest BCUT2D eigenvalue weighted by molar-refractivity contribution is 0.895. The molecule has 0 saturated carbocycles. The second-order valence-electron chi connectivity index (χ2n) is 11.9. The first-order valence-corrected chi connectivity index (χ1v) is 15.8. The van der Waals surface area contributed by atoms with Crippen LogP contribution in [0.5, 0.6) is 0 Å². The Balaban J connectivity index is 1.30. The van der Waals surface area contributed by atoms with Crippen molar-refractivity contribution in [3.63, 3.8) is 0 Å². The maximum atomic E-state index is 2.42. The lowest BCUT2D eigenvalue weighted by Gasteiger charge is -2.22. The predicted octanol–water partition coefficient (Wildman–Crippen LogP) is 12.1. The highest BCUT2D eigenvalue weighted by Crippen LogP contribution is 2.45. The standard InChI is InChI=1S/C44H34/c1-2-4-17-34(28-26-32(14-3-1)36-29-27-31-15-5-6-18-35(31)30-36)43-39-21-9-11-23-41(39)44(42-24-12-10-22-40(42)43)38-25-13-19-33-16-7-8-20-37(33)38/h1-25,30H,26-29H2. The summed E-state index contributed by atoms with van der Waals surface area (Å²) in [6.45, 7) is 0. The van der Waals surface area contributed by atoms with Gasteiger partial charge in [-0.25, -0.2) is 0 Å². The van der Waals surface area contributed by atoms with E-state index in [-0.39, 0.29) is 0 Å². The van der Waals surface area contributed by atoms with E-state index in [1.165, 1.54) is 76.9 Å². The van der Waals surface area contributed by atoms with Gasteiger partial charge in [-0.3, -0.25) is 0 Å². The molecule has 8 rings (SSSR count).